The summed E-state index contributed by atoms with van der Waals surface area (Å²) in [5.41, 5.74) is -0.506. The van der Waals surface area contributed by atoms with E-state index < -0.39 is 29.4 Å². The van der Waals surface area contributed by atoms with E-state index in [1.54, 1.807) is 57.0 Å². The second-order valence-corrected chi connectivity index (χ2v) is 14.6. The van der Waals surface area contributed by atoms with Gasteiger partial charge in [0.1, 0.15) is 35.1 Å². The summed E-state index contributed by atoms with van der Waals surface area (Å²) in [5.74, 6) is -1.03. The molecule has 2 aliphatic rings. The molecule has 0 aliphatic carbocycles. The molecule has 2 fully saturated rings. The van der Waals surface area contributed by atoms with Crippen LogP contribution in [0.25, 0.3) is 32.9 Å². The van der Waals surface area contributed by atoms with Crippen molar-refractivity contribution in [1.29, 1.82) is 5.26 Å². The zero-order valence-corrected chi connectivity index (χ0v) is 30.4. The predicted molar refractivity (Wildman–Crippen MR) is 191 cm³/mol. The summed E-state index contributed by atoms with van der Waals surface area (Å²) >= 11 is 6.42. The van der Waals surface area contributed by atoms with Crippen molar-refractivity contribution < 1.29 is 27.8 Å². The van der Waals surface area contributed by atoms with Crippen molar-refractivity contribution >= 4 is 45.2 Å². The van der Waals surface area contributed by atoms with E-state index in [-0.39, 0.29) is 66.5 Å². The van der Waals surface area contributed by atoms with Crippen molar-refractivity contribution in [3.8, 4) is 23.3 Å². The molecular formula is C37H42ClF2N7O4. The Labute approximate surface area is 301 Å². The fourth-order valence-corrected chi connectivity index (χ4v) is 7.22. The van der Waals surface area contributed by atoms with Gasteiger partial charge in [0.05, 0.1) is 35.0 Å². The lowest BCUT2D eigenvalue weighted by Gasteiger charge is -2.41. The minimum atomic E-state index is -0.751. The number of nitrogens with zero attached hydrogens (tertiary/aromatic N) is 7. The van der Waals surface area contributed by atoms with E-state index in [0.29, 0.717) is 34.1 Å². The first-order valence-corrected chi connectivity index (χ1v) is 17.4. The lowest BCUT2D eigenvalue weighted by molar-refractivity contribution is 0.0145. The molecule has 0 unspecified atom stereocenters. The molecular weight excluding hydrogens is 680 g/mol. The number of likely N-dealkylation sites (tertiary alicyclic amines) is 1. The summed E-state index contributed by atoms with van der Waals surface area (Å²) in [6, 6.07) is 9.86. The number of halogens is 3. The van der Waals surface area contributed by atoms with Crippen LogP contribution in [0.4, 0.5) is 19.4 Å². The minimum Gasteiger partial charge on any atom is -0.462 e. The van der Waals surface area contributed by atoms with Crippen LogP contribution in [0.2, 0.25) is 5.02 Å². The van der Waals surface area contributed by atoms with E-state index in [4.69, 9.17) is 30.8 Å². The van der Waals surface area contributed by atoms with Gasteiger partial charge < -0.3 is 24.0 Å². The molecule has 270 valence electrons. The zero-order valence-electron chi connectivity index (χ0n) is 29.6. The SMILES string of the molecule is CO[C@@H]1C[C@@H](COc2nc(N3CCN(C(=O)OC(C)(C)C)[C@@H](CC#N)C3)c3cnc(-c4cccc5ccc(F)c(Cl)c45)c(F)c3n2)N(C(C)C)C1. The number of anilines is 1. The Balaban J connectivity index is 1.43. The van der Waals surface area contributed by atoms with Gasteiger partial charge in [0.2, 0.25) is 0 Å². The molecule has 4 heterocycles. The molecule has 2 aromatic heterocycles. The summed E-state index contributed by atoms with van der Waals surface area (Å²) in [5, 5.41) is 10.8. The highest BCUT2D eigenvalue weighted by molar-refractivity contribution is 6.36. The van der Waals surface area contributed by atoms with Crippen LogP contribution >= 0.6 is 11.6 Å². The van der Waals surface area contributed by atoms with E-state index in [0.717, 1.165) is 13.0 Å². The van der Waals surface area contributed by atoms with Crippen molar-refractivity contribution in [2.75, 3.05) is 44.8 Å². The van der Waals surface area contributed by atoms with Gasteiger partial charge in [-0.2, -0.15) is 15.2 Å². The number of piperazine rings is 1. The molecule has 0 spiro atoms. The molecule has 0 N–H and O–H groups in total. The van der Waals surface area contributed by atoms with E-state index in [2.05, 4.69) is 34.8 Å². The number of hydrogen-bond acceptors (Lipinski definition) is 10. The minimum absolute atomic E-state index is 0.0145. The molecule has 51 heavy (non-hydrogen) atoms. The smallest absolute Gasteiger partial charge is 0.410 e. The highest BCUT2D eigenvalue weighted by Gasteiger charge is 2.36. The molecule has 6 rings (SSSR count). The van der Waals surface area contributed by atoms with E-state index >= 15 is 4.39 Å². The number of aromatic nitrogens is 3. The van der Waals surface area contributed by atoms with E-state index in [1.807, 2.05) is 4.90 Å². The standard InChI is InChI=1S/C37H42ClF2N7O4/c1-21(2)47-19-25(49-6)16-24(47)20-50-35-43-33-27(17-42-32(31(33)40)26-9-7-8-22-10-11-28(39)30(38)29(22)26)34(44-35)45-14-15-46(23(18-45)12-13-41)36(48)51-37(3,4)5/h7-11,17,21,23-25H,12,14-16,18-20H2,1-6H3/t23-,24-,25+/m0/s1. The molecule has 3 atom stereocenters. The van der Waals surface area contributed by atoms with Gasteiger partial charge in [0, 0.05) is 62.5 Å². The lowest BCUT2D eigenvalue weighted by atomic mass is 10.0. The normalized spacial score (nSPS) is 20.0. The summed E-state index contributed by atoms with van der Waals surface area (Å²) in [7, 11) is 1.69. The number of carbonyl (C=O) groups excluding carboxylic acids is 1. The van der Waals surface area contributed by atoms with E-state index in [1.165, 1.54) is 12.3 Å². The van der Waals surface area contributed by atoms with Crippen LogP contribution in [0, 0.1) is 23.0 Å². The fourth-order valence-electron chi connectivity index (χ4n) is 6.95. The molecule has 14 heteroatoms. The second-order valence-electron chi connectivity index (χ2n) is 14.3. The highest BCUT2D eigenvalue weighted by Crippen LogP contribution is 2.39. The number of amides is 1. The summed E-state index contributed by atoms with van der Waals surface area (Å²) in [6.07, 6.45) is 1.82. The van der Waals surface area contributed by atoms with Crippen LogP contribution in [-0.2, 0) is 9.47 Å². The maximum absolute atomic E-state index is 16.9. The predicted octanol–water partition coefficient (Wildman–Crippen LogP) is 6.99. The number of benzene rings is 2. The summed E-state index contributed by atoms with van der Waals surface area (Å²) < 4.78 is 49.0. The van der Waals surface area contributed by atoms with Crippen molar-refractivity contribution in [2.24, 2.45) is 0 Å². The molecule has 11 nitrogen and oxygen atoms in total. The Morgan fingerprint density at radius 3 is 2.61 bits per heavy atom. The van der Waals surface area contributed by atoms with Crippen LogP contribution in [0.15, 0.2) is 36.5 Å². The number of carbonyl (C=O) groups is 1. The first-order chi connectivity index (χ1) is 24.3. The van der Waals surface area contributed by atoms with Crippen LogP contribution in [-0.4, -0.2) is 101 Å². The average Bonchev–Trinajstić information content (AvgIpc) is 3.52. The van der Waals surface area contributed by atoms with Crippen molar-refractivity contribution in [3.63, 3.8) is 0 Å². The van der Waals surface area contributed by atoms with Crippen molar-refractivity contribution in [2.45, 2.75) is 77.3 Å². The first-order valence-electron chi connectivity index (χ1n) is 17.1. The summed E-state index contributed by atoms with van der Waals surface area (Å²) in [4.78, 5) is 32.7. The maximum atomic E-state index is 16.9. The third-order valence-electron chi connectivity index (χ3n) is 9.39. The molecule has 0 saturated carbocycles. The van der Waals surface area contributed by atoms with Gasteiger partial charge in [-0.15, -0.1) is 0 Å². The Morgan fingerprint density at radius 1 is 1.12 bits per heavy atom. The number of methoxy groups -OCH3 is 1. The zero-order chi connectivity index (χ0) is 36.6. The lowest BCUT2D eigenvalue weighted by Crippen LogP contribution is -2.56. The number of ether oxygens (including phenoxy) is 3. The highest BCUT2D eigenvalue weighted by atomic mass is 35.5. The molecule has 4 aromatic rings. The monoisotopic (exact) mass is 721 g/mol. The molecule has 1 amide bonds. The topological polar surface area (TPSA) is 117 Å². The van der Waals surface area contributed by atoms with Gasteiger partial charge in [-0.1, -0.05) is 35.9 Å². The summed E-state index contributed by atoms with van der Waals surface area (Å²) in [6.45, 7) is 11.3. The fraction of sp³-hybridized carbons (Fsp3) is 0.486. The third-order valence-corrected chi connectivity index (χ3v) is 9.76. The number of nitriles is 1. The molecule has 0 bridgehead atoms. The van der Waals surface area contributed by atoms with Crippen molar-refractivity contribution in [1.82, 2.24) is 24.8 Å². The van der Waals surface area contributed by atoms with Crippen LogP contribution < -0.4 is 9.64 Å². The number of hydrogen-bond donors (Lipinski definition) is 0. The Hall–Kier alpha value is -4.38. The van der Waals surface area contributed by atoms with Gasteiger partial charge in [0.15, 0.2) is 5.82 Å². The molecule has 2 aromatic carbocycles. The first kappa shape index (κ1) is 36.4. The van der Waals surface area contributed by atoms with Crippen LogP contribution in [0.3, 0.4) is 0 Å². The Morgan fingerprint density at radius 2 is 1.90 bits per heavy atom. The van der Waals surface area contributed by atoms with Gasteiger partial charge in [-0.3, -0.25) is 9.88 Å². The Kier molecular flexibility index (Phi) is 10.5. The molecule has 2 saturated heterocycles. The van der Waals surface area contributed by atoms with Gasteiger partial charge >= 0.3 is 12.1 Å². The van der Waals surface area contributed by atoms with Gasteiger partial charge in [-0.05, 0) is 52.5 Å². The molecule has 2 aliphatic heterocycles. The van der Waals surface area contributed by atoms with E-state index in [9.17, 15) is 14.4 Å². The number of rotatable bonds is 8. The van der Waals surface area contributed by atoms with Crippen LogP contribution in [0.5, 0.6) is 6.01 Å². The molecule has 0 radical (unpaired) electrons. The van der Waals surface area contributed by atoms with Crippen LogP contribution in [0.1, 0.15) is 47.5 Å². The van der Waals surface area contributed by atoms with Gasteiger partial charge in [-0.25, -0.2) is 13.6 Å². The maximum Gasteiger partial charge on any atom is 0.410 e. The number of fused-ring (bicyclic) bond motifs is 2. The number of pyridine rings is 1. The quantitative estimate of drug-likeness (QED) is 0.188. The Bertz CT molecular complexity index is 1990. The van der Waals surface area contributed by atoms with Gasteiger partial charge in [0.25, 0.3) is 0 Å². The third kappa shape index (κ3) is 7.49. The second kappa shape index (κ2) is 14.7. The van der Waals surface area contributed by atoms with Crippen molar-refractivity contribution in [3.05, 3.63) is 53.2 Å². The average molecular weight is 722 g/mol. The largest absolute Gasteiger partial charge is 0.462 e.